The van der Waals surface area contributed by atoms with Crippen molar-refractivity contribution < 1.29 is 0 Å². The van der Waals surface area contributed by atoms with Crippen molar-refractivity contribution in [3.8, 4) is 5.82 Å². The highest BCUT2D eigenvalue weighted by Crippen LogP contribution is 2.14. The number of hydrogen-bond acceptors (Lipinski definition) is 6. The predicted octanol–water partition coefficient (Wildman–Crippen LogP) is 1.57. The van der Waals surface area contributed by atoms with Gasteiger partial charge in [-0.1, -0.05) is 0 Å². The molecule has 0 atom stereocenters. The van der Waals surface area contributed by atoms with E-state index in [0.717, 1.165) is 17.9 Å². The lowest BCUT2D eigenvalue weighted by atomic mass is 10.5. The van der Waals surface area contributed by atoms with Crippen LogP contribution in [0, 0.1) is 0 Å². The molecular formula is C13H16N8. The molecule has 21 heavy (non-hydrogen) atoms. The van der Waals surface area contributed by atoms with E-state index in [-0.39, 0.29) is 0 Å². The van der Waals surface area contributed by atoms with E-state index in [1.807, 2.05) is 26.4 Å². The maximum Gasteiger partial charge on any atom is 0.229 e. The zero-order chi connectivity index (χ0) is 14.7. The predicted molar refractivity (Wildman–Crippen MR) is 79.8 cm³/mol. The van der Waals surface area contributed by atoms with Gasteiger partial charge in [0.2, 0.25) is 5.95 Å². The standard InChI is InChI=1S/C13H16N8/c1-3-14-10-6-17-21(9-10)12-4-5-15-13(19-12)18-11-7-16-20(2)8-11/h4-9,14H,3H2,1-2H3,(H,15,18,19). The van der Waals surface area contributed by atoms with Gasteiger partial charge >= 0.3 is 0 Å². The van der Waals surface area contributed by atoms with Crippen molar-refractivity contribution in [3.05, 3.63) is 37.1 Å². The van der Waals surface area contributed by atoms with Gasteiger partial charge in [-0.25, -0.2) is 9.67 Å². The van der Waals surface area contributed by atoms with E-state index in [9.17, 15) is 0 Å². The molecule has 0 bridgehead atoms. The maximum absolute atomic E-state index is 4.43. The van der Waals surface area contributed by atoms with Crippen molar-refractivity contribution in [1.29, 1.82) is 0 Å². The van der Waals surface area contributed by atoms with Crippen molar-refractivity contribution in [2.24, 2.45) is 7.05 Å². The molecular weight excluding hydrogens is 268 g/mol. The molecule has 0 unspecified atom stereocenters. The lowest BCUT2D eigenvalue weighted by Crippen LogP contribution is -2.02. The summed E-state index contributed by atoms with van der Waals surface area (Å²) < 4.78 is 3.41. The van der Waals surface area contributed by atoms with Crippen LogP contribution in [0.3, 0.4) is 0 Å². The third kappa shape index (κ3) is 2.99. The van der Waals surface area contributed by atoms with Gasteiger partial charge in [0.25, 0.3) is 0 Å². The Bertz CT molecular complexity index is 729. The van der Waals surface area contributed by atoms with Crippen molar-refractivity contribution in [1.82, 2.24) is 29.5 Å². The Labute approximate surface area is 121 Å². The maximum atomic E-state index is 4.43. The van der Waals surface area contributed by atoms with Crippen molar-refractivity contribution in [3.63, 3.8) is 0 Å². The summed E-state index contributed by atoms with van der Waals surface area (Å²) in [6.45, 7) is 2.89. The van der Waals surface area contributed by atoms with E-state index in [2.05, 4.69) is 30.8 Å². The van der Waals surface area contributed by atoms with Crippen LogP contribution in [0.4, 0.5) is 17.3 Å². The van der Waals surface area contributed by atoms with Crippen LogP contribution in [-0.2, 0) is 7.05 Å². The highest BCUT2D eigenvalue weighted by Gasteiger charge is 2.05. The van der Waals surface area contributed by atoms with E-state index in [1.54, 1.807) is 34.0 Å². The fraction of sp³-hybridized carbons (Fsp3) is 0.231. The average Bonchev–Trinajstić information content (AvgIpc) is 3.09. The minimum absolute atomic E-state index is 0.501. The number of aromatic nitrogens is 6. The van der Waals surface area contributed by atoms with Crippen LogP contribution in [0.15, 0.2) is 37.1 Å². The summed E-state index contributed by atoms with van der Waals surface area (Å²) in [4.78, 5) is 8.63. The van der Waals surface area contributed by atoms with Crippen molar-refractivity contribution >= 4 is 17.3 Å². The van der Waals surface area contributed by atoms with Gasteiger partial charge in [-0.3, -0.25) is 4.68 Å². The molecule has 2 N–H and O–H groups in total. The number of hydrogen-bond donors (Lipinski definition) is 2. The molecule has 0 saturated heterocycles. The zero-order valence-electron chi connectivity index (χ0n) is 11.9. The number of nitrogens with one attached hydrogen (secondary N) is 2. The lowest BCUT2D eigenvalue weighted by Gasteiger charge is -2.04. The van der Waals surface area contributed by atoms with Crippen molar-refractivity contribution in [2.75, 3.05) is 17.2 Å². The largest absolute Gasteiger partial charge is 0.383 e. The summed E-state index contributed by atoms with van der Waals surface area (Å²) in [7, 11) is 1.86. The molecule has 0 aliphatic rings. The van der Waals surface area contributed by atoms with Gasteiger partial charge in [0, 0.05) is 32.1 Å². The van der Waals surface area contributed by atoms with Gasteiger partial charge in [-0.05, 0) is 6.92 Å². The number of nitrogens with zero attached hydrogens (tertiary/aromatic N) is 6. The van der Waals surface area contributed by atoms with Crippen molar-refractivity contribution in [2.45, 2.75) is 6.92 Å². The van der Waals surface area contributed by atoms with Crippen LogP contribution < -0.4 is 10.6 Å². The third-order valence-electron chi connectivity index (χ3n) is 2.80. The number of anilines is 3. The van der Waals surface area contributed by atoms with Crippen LogP contribution in [0.2, 0.25) is 0 Å². The first-order valence-corrected chi connectivity index (χ1v) is 6.62. The van der Waals surface area contributed by atoms with E-state index >= 15 is 0 Å². The highest BCUT2D eigenvalue weighted by atomic mass is 15.3. The van der Waals surface area contributed by atoms with Crippen LogP contribution in [-0.4, -0.2) is 36.1 Å². The number of aryl methyl sites for hydroxylation is 1. The minimum Gasteiger partial charge on any atom is -0.383 e. The quantitative estimate of drug-likeness (QED) is 0.739. The molecule has 0 aliphatic carbocycles. The topological polar surface area (TPSA) is 85.5 Å². The van der Waals surface area contributed by atoms with Crippen LogP contribution >= 0.6 is 0 Å². The third-order valence-corrected chi connectivity index (χ3v) is 2.80. The molecule has 8 heteroatoms. The number of rotatable bonds is 5. The first kappa shape index (κ1) is 13.1. The van der Waals surface area contributed by atoms with Gasteiger partial charge in [-0.2, -0.15) is 15.2 Å². The second kappa shape index (κ2) is 5.61. The summed E-state index contributed by atoms with van der Waals surface area (Å²) in [6, 6.07) is 1.80. The normalized spacial score (nSPS) is 10.6. The second-order valence-corrected chi connectivity index (χ2v) is 4.47. The second-order valence-electron chi connectivity index (χ2n) is 4.47. The van der Waals surface area contributed by atoms with Gasteiger partial charge in [0.05, 0.1) is 30.0 Å². The van der Waals surface area contributed by atoms with E-state index in [0.29, 0.717) is 11.8 Å². The first-order chi connectivity index (χ1) is 10.2. The summed E-state index contributed by atoms with van der Waals surface area (Å²) in [6.07, 6.45) is 8.91. The van der Waals surface area contributed by atoms with E-state index in [4.69, 9.17) is 0 Å². The Morgan fingerprint density at radius 3 is 2.76 bits per heavy atom. The minimum atomic E-state index is 0.501. The molecule has 0 aromatic carbocycles. The molecule has 0 fully saturated rings. The Morgan fingerprint density at radius 2 is 2.00 bits per heavy atom. The lowest BCUT2D eigenvalue weighted by molar-refractivity contribution is 0.768. The smallest absolute Gasteiger partial charge is 0.229 e. The van der Waals surface area contributed by atoms with Crippen LogP contribution in [0.1, 0.15) is 6.92 Å². The van der Waals surface area contributed by atoms with Crippen LogP contribution in [0.5, 0.6) is 0 Å². The molecule has 0 spiro atoms. The van der Waals surface area contributed by atoms with E-state index in [1.165, 1.54) is 0 Å². The molecule has 108 valence electrons. The molecule has 8 nitrogen and oxygen atoms in total. The Morgan fingerprint density at radius 1 is 1.14 bits per heavy atom. The molecule has 0 saturated carbocycles. The molecule has 0 aliphatic heterocycles. The Hall–Kier alpha value is -2.90. The SMILES string of the molecule is CCNc1cnn(-c2ccnc(Nc3cnn(C)c3)n2)c1. The summed E-state index contributed by atoms with van der Waals surface area (Å²) >= 11 is 0. The molecule has 3 rings (SSSR count). The molecule has 0 radical (unpaired) electrons. The average molecular weight is 284 g/mol. The van der Waals surface area contributed by atoms with Gasteiger partial charge < -0.3 is 10.6 Å². The van der Waals surface area contributed by atoms with Crippen LogP contribution in [0.25, 0.3) is 5.82 Å². The highest BCUT2D eigenvalue weighted by molar-refractivity contribution is 5.51. The van der Waals surface area contributed by atoms with Gasteiger partial charge in [0.1, 0.15) is 0 Å². The summed E-state index contributed by atoms with van der Waals surface area (Å²) in [5.74, 6) is 1.20. The molecule has 3 aromatic heterocycles. The molecule has 3 aromatic rings. The zero-order valence-corrected chi connectivity index (χ0v) is 11.9. The molecule has 3 heterocycles. The Balaban J connectivity index is 1.81. The summed E-state index contributed by atoms with van der Waals surface area (Å²) in [5.41, 5.74) is 1.79. The van der Waals surface area contributed by atoms with Gasteiger partial charge in [-0.15, -0.1) is 0 Å². The monoisotopic (exact) mass is 284 g/mol. The molecule has 0 amide bonds. The first-order valence-electron chi connectivity index (χ1n) is 6.62. The summed E-state index contributed by atoms with van der Waals surface area (Å²) in [5, 5.41) is 14.7. The Kier molecular flexibility index (Phi) is 3.50. The van der Waals surface area contributed by atoms with E-state index < -0.39 is 0 Å². The fourth-order valence-corrected chi connectivity index (χ4v) is 1.90. The fourth-order valence-electron chi connectivity index (χ4n) is 1.90. The van der Waals surface area contributed by atoms with Gasteiger partial charge in [0.15, 0.2) is 5.82 Å².